The highest BCUT2D eigenvalue weighted by atomic mass is 35.5. The maximum absolute atomic E-state index is 13.0. The van der Waals surface area contributed by atoms with E-state index in [0.29, 0.717) is 16.3 Å². The number of hydrogen-bond donors (Lipinski definition) is 0. The predicted octanol–water partition coefficient (Wildman–Crippen LogP) is 4.77. The Labute approximate surface area is 170 Å². The smallest absolute Gasteiger partial charge is 0.417 e. The van der Waals surface area contributed by atoms with Gasteiger partial charge in [-0.1, -0.05) is 23.7 Å². The summed E-state index contributed by atoms with van der Waals surface area (Å²) in [7, 11) is 0. The summed E-state index contributed by atoms with van der Waals surface area (Å²) in [5.74, 6) is -1.95. The van der Waals surface area contributed by atoms with Crippen LogP contribution in [0.15, 0.2) is 42.5 Å². The Bertz CT molecular complexity index is 955. The third-order valence-electron chi connectivity index (χ3n) is 3.98. The second-order valence-corrected chi connectivity index (χ2v) is 6.41. The van der Waals surface area contributed by atoms with Crippen LogP contribution in [0.5, 0.6) is 0 Å². The highest BCUT2D eigenvalue weighted by Crippen LogP contribution is 2.32. The fourth-order valence-corrected chi connectivity index (χ4v) is 2.67. The highest BCUT2D eigenvalue weighted by molar-refractivity contribution is 6.31. The maximum atomic E-state index is 13.0. The Balaban J connectivity index is 2.17. The van der Waals surface area contributed by atoms with Crippen molar-refractivity contribution in [1.82, 2.24) is 0 Å². The van der Waals surface area contributed by atoms with Gasteiger partial charge in [-0.25, -0.2) is 4.79 Å². The number of carbonyl (C=O) groups excluding carboxylic acids is 2. The summed E-state index contributed by atoms with van der Waals surface area (Å²) in [6, 6.07) is 10.8. The van der Waals surface area contributed by atoms with Gasteiger partial charge in [-0.2, -0.15) is 18.4 Å². The van der Waals surface area contributed by atoms with Crippen LogP contribution < -0.4 is 4.90 Å². The SMILES string of the molecule is Cc1cc(N(CCC#N)C(=O)COC(=O)c2ccccc2C(F)(F)F)ccc1Cl. The number of anilines is 1. The third kappa shape index (κ3) is 5.72. The molecule has 0 N–H and O–H groups in total. The molecule has 0 atom stereocenters. The van der Waals surface area contributed by atoms with E-state index in [2.05, 4.69) is 0 Å². The number of hydrogen-bond acceptors (Lipinski definition) is 4. The van der Waals surface area contributed by atoms with Gasteiger partial charge in [0.05, 0.1) is 23.6 Å². The second kappa shape index (κ2) is 9.43. The summed E-state index contributed by atoms with van der Waals surface area (Å²) < 4.78 is 44.0. The molecule has 0 spiro atoms. The minimum absolute atomic E-state index is 0.0122. The molecule has 5 nitrogen and oxygen atoms in total. The number of nitrogens with zero attached hydrogens (tertiary/aromatic N) is 2. The molecule has 0 fully saturated rings. The number of rotatable bonds is 6. The van der Waals surface area contributed by atoms with E-state index in [-0.39, 0.29) is 13.0 Å². The number of aryl methyl sites for hydroxylation is 1. The molecular formula is C20H16ClF3N2O3. The summed E-state index contributed by atoms with van der Waals surface area (Å²) >= 11 is 5.97. The molecule has 0 aliphatic carbocycles. The lowest BCUT2D eigenvalue weighted by atomic mass is 10.1. The maximum Gasteiger partial charge on any atom is 0.417 e. The van der Waals surface area contributed by atoms with Crippen LogP contribution in [-0.4, -0.2) is 25.0 Å². The predicted molar refractivity (Wildman–Crippen MR) is 100 cm³/mol. The molecule has 0 heterocycles. The average molecular weight is 425 g/mol. The van der Waals surface area contributed by atoms with E-state index in [1.807, 2.05) is 6.07 Å². The lowest BCUT2D eigenvalue weighted by Gasteiger charge is -2.22. The molecule has 0 aliphatic heterocycles. The summed E-state index contributed by atoms with van der Waals surface area (Å²) in [6.07, 6.45) is -4.72. The van der Waals surface area contributed by atoms with Crippen LogP contribution in [0.3, 0.4) is 0 Å². The number of benzene rings is 2. The molecule has 2 aromatic rings. The quantitative estimate of drug-likeness (QED) is 0.626. The Kier molecular flexibility index (Phi) is 7.23. The first-order valence-electron chi connectivity index (χ1n) is 8.42. The van der Waals surface area contributed by atoms with E-state index in [1.165, 1.54) is 11.0 Å². The minimum atomic E-state index is -4.74. The van der Waals surface area contributed by atoms with Gasteiger partial charge in [-0.15, -0.1) is 0 Å². The number of amides is 1. The van der Waals surface area contributed by atoms with Crippen molar-refractivity contribution >= 4 is 29.2 Å². The zero-order valence-electron chi connectivity index (χ0n) is 15.3. The molecule has 2 rings (SSSR count). The normalized spacial score (nSPS) is 10.9. The summed E-state index contributed by atoms with van der Waals surface area (Å²) in [6.45, 7) is 0.970. The zero-order valence-corrected chi connectivity index (χ0v) is 16.0. The second-order valence-electron chi connectivity index (χ2n) is 6.01. The Morgan fingerprint density at radius 2 is 1.90 bits per heavy atom. The fraction of sp³-hybridized carbons (Fsp3) is 0.250. The van der Waals surface area contributed by atoms with Crippen LogP contribution in [0, 0.1) is 18.3 Å². The van der Waals surface area contributed by atoms with Crippen molar-refractivity contribution < 1.29 is 27.5 Å². The summed E-state index contributed by atoms with van der Waals surface area (Å²) in [4.78, 5) is 25.9. The van der Waals surface area contributed by atoms with E-state index in [4.69, 9.17) is 21.6 Å². The number of halogens is 4. The van der Waals surface area contributed by atoms with Gasteiger partial charge >= 0.3 is 12.1 Å². The van der Waals surface area contributed by atoms with E-state index in [1.54, 1.807) is 25.1 Å². The largest absolute Gasteiger partial charge is 0.452 e. The van der Waals surface area contributed by atoms with Gasteiger partial charge in [-0.3, -0.25) is 4.79 Å². The van der Waals surface area contributed by atoms with Crippen molar-refractivity contribution in [1.29, 1.82) is 5.26 Å². The average Bonchev–Trinajstić information content (AvgIpc) is 2.68. The van der Waals surface area contributed by atoms with Gasteiger partial charge in [0, 0.05) is 17.3 Å². The highest BCUT2D eigenvalue weighted by Gasteiger charge is 2.35. The molecular weight excluding hydrogens is 409 g/mol. The van der Waals surface area contributed by atoms with Crippen molar-refractivity contribution in [3.63, 3.8) is 0 Å². The van der Waals surface area contributed by atoms with E-state index < -0.39 is 35.8 Å². The van der Waals surface area contributed by atoms with Gasteiger partial charge < -0.3 is 9.64 Å². The molecule has 0 bridgehead atoms. The van der Waals surface area contributed by atoms with Crippen molar-refractivity contribution in [2.75, 3.05) is 18.1 Å². The Morgan fingerprint density at radius 1 is 1.21 bits per heavy atom. The zero-order chi connectivity index (χ0) is 21.6. The number of ether oxygens (including phenoxy) is 1. The van der Waals surface area contributed by atoms with Crippen LogP contribution in [0.4, 0.5) is 18.9 Å². The number of nitriles is 1. The Morgan fingerprint density at radius 3 is 2.52 bits per heavy atom. The van der Waals surface area contributed by atoms with Crippen molar-refractivity contribution in [2.24, 2.45) is 0 Å². The number of esters is 1. The molecule has 0 aliphatic rings. The molecule has 0 saturated heterocycles. The van der Waals surface area contributed by atoms with Crippen LogP contribution in [-0.2, 0) is 15.7 Å². The van der Waals surface area contributed by atoms with E-state index in [9.17, 15) is 22.8 Å². The molecule has 2 aromatic carbocycles. The van der Waals surface area contributed by atoms with Gasteiger partial charge in [0.25, 0.3) is 5.91 Å². The lowest BCUT2D eigenvalue weighted by Crippen LogP contribution is -2.35. The molecule has 152 valence electrons. The van der Waals surface area contributed by atoms with Gasteiger partial charge in [-0.05, 0) is 42.8 Å². The molecule has 29 heavy (non-hydrogen) atoms. The van der Waals surface area contributed by atoms with Gasteiger partial charge in [0.15, 0.2) is 6.61 Å². The van der Waals surface area contributed by atoms with Crippen LogP contribution >= 0.6 is 11.6 Å². The molecule has 1 amide bonds. The van der Waals surface area contributed by atoms with E-state index in [0.717, 1.165) is 18.2 Å². The molecule has 0 radical (unpaired) electrons. The first kappa shape index (κ1) is 22.2. The topological polar surface area (TPSA) is 70.4 Å². The van der Waals surface area contributed by atoms with Crippen molar-refractivity contribution in [2.45, 2.75) is 19.5 Å². The van der Waals surface area contributed by atoms with Gasteiger partial charge in [0.1, 0.15) is 0 Å². The first-order valence-corrected chi connectivity index (χ1v) is 8.79. The van der Waals surface area contributed by atoms with Crippen molar-refractivity contribution in [3.8, 4) is 6.07 Å². The van der Waals surface area contributed by atoms with Crippen LogP contribution in [0.25, 0.3) is 0 Å². The molecule has 0 aromatic heterocycles. The third-order valence-corrected chi connectivity index (χ3v) is 4.40. The van der Waals surface area contributed by atoms with Crippen LogP contribution in [0.1, 0.15) is 27.9 Å². The standard InChI is InChI=1S/C20H16ClF3N2O3/c1-13-11-14(7-8-17(13)21)26(10-4-9-25)18(27)12-29-19(28)15-5-2-3-6-16(15)20(22,23)24/h2-3,5-8,11H,4,10,12H2,1H3. The molecule has 0 unspecified atom stereocenters. The number of carbonyl (C=O) groups is 2. The van der Waals surface area contributed by atoms with Gasteiger partial charge in [0.2, 0.25) is 0 Å². The van der Waals surface area contributed by atoms with E-state index >= 15 is 0 Å². The first-order chi connectivity index (χ1) is 13.6. The molecule has 9 heteroatoms. The fourth-order valence-electron chi connectivity index (χ4n) is 2.55. The van der Waals surface area contributed by atoms with Crippen molar-refractivity contribution in [3.05, 3.63) is 64.2 Å². The Hall–Kier alpha value is -3.05. The summed E-state index contributed by atoms with van der Waals surface area (Å²) in [5, 5.41) is 9.30. The van der Waals surface area contributed by atoms with Crippen LogP contribution in [0.2, 0.25) is 5.02 Å². The monoisotopic (exact) mass is 424 g/mol. The molecule has 0 saturated carbocycles. The minimum Gasteiger partial charge on any atom is -0.452 e. The lowest BCUT2D eigenvalue weighted by molar-refractivity contribution is -0.138. The summed E-state index contributed by atoms with van der Waals surface area (Å²) in [5.41, 5.74) is -0.709. The number of alkyl halides is 3.